The van der Waals surface area contributed by atoms with Gasteiger partial charge in [0.15, 0.2) is 0 Å². The van der Waals surface area contributed by atoms with Crippen molar-refractivity contribution in [1.29, 1.82) is 0 Å². The molecule has 14 heavy (non-hydrogen) atoms. The van der Waals surface area contributed by atoms with E-state index in [1.807, 2.05) is 20.8 Å². The molecule has 4 nitrogen and oxygen atoms in total. The van der Waals surface area contributed by atoms with Crippen LogP contribution in [0.4, 0.5) is 10.8 Å². The Hall–Kier alpha value is -0.810. The van der Waals surface area contributed by atoms with E-state index < -0.39 is 0 Å². The number of hydrogen-bond donors (Lipinski definition) is 2. The summed E-state index contributed by atoms with van der Waals surface area (Å²) >= 11 is 1.39. The maximum Gasteiger partial charge on any atom is 0.142 e. The van der Waals surface area contributed by atoms with Gasteiger partial charge in [-0.1, -0.05) is 0 Å². The lowest BCUT2D eigenvalue weighted by atomic mass is 10.3. The van der Waals surface area contributed by atoms with Crippen LogP contribution in [0.5, 0.6) is 0 Å². The topological polar surface area (TPSA) is 60.2 Å². The number of nitrogens with one attached hydrogen (secondary N) is 1. The molecule has 1 rings (SSSR count). The van der Waals surface area contributed by atoms with Crippen molar-refractivity contribution in [3.8, 4) is 0 Å². The molecule has 1 atom stereocenters. The van der Waals surface area contributed by atoms with Crippen LogP contribution in [0.2, 0.25) is 0 Å². The van der Waals surface area contributed by atoms with Crippen molar-refractivity contribution in [1.82, 2.24) is 4.37 Å². The minimum Gasteiger partial charge on any atom is -0.383 e. The molecule has 1 aromatic rings. The first-order valence-electron chi connectivity index (χ1n) is 4.72. The van der Waals surface area contributed by atoms with Gasteiger partial charge in [0.1, 0.15) is 10.8 Å². The first kappa shape index (κ1) is 11.3. The van der Waals surface area contributed by atoms with E-state index in [9.17, 15) is 0 Å². The van der Waals surface area contributed by atoms with Gasteiger partial charge in [0.2, 0.25) is 0 Å². The number of rotatable bonds is 5. The molecule has 0 aliphatic carbocycles. The van der Waals surface area contributed by atoms with Crippen LogP contribution in [0.3, 0.4) is 0 Å². The van der Waals surface area contributed by atoms with E-state index in [4.69, 9.17) is 10.5 Å². The number of aromatic nitrogens is 1. The Morgan fingerprint density at radius 2 is 2.36 bits per heavy atom. The molecule has 0 aliphatic rings. The van der Waals surface area contributed by atoms with Crippen LogP contribution in [-0.2, 0) is 4.74 Å². The molecule has 0 spiro atoms. The number of nitrogens with zero attached hydrogens (tertiary/aromatic N) is 1. The Kier molecular flexibility index (Phi) is 4.16. The van der Waals surface area contributed by atoms with Gasteiger partial charge in [-0.3, -0.25) is 0 Å². The van der Waals surface area contributed by atoms with Crippen molar-refractivity contribution in [2.75, 3.05) is 24.2 Å². The Bertz CT molecular complexity index is 288. The summed E-state index contributed by atoms with van der Waals surface area (Å²) in [5.74, 6) is 0.613. The standard InChI is InChI=1S/C9H17N3OS/c1-4-13-6(2)5-11-9-7(3)8(10)12-14-9/h6,11H,4-5H2,1-3H3,(H2,10,12). The summed E-state index contributed by atoms with van der Waals surface area (Å²) in [7, 11) is 0. The second-order valence-electron chi connectivity index (χ2n) is 3.17. The first-order chi connectivity index (χ1) is 6.65. The summed E-state index contributed by atoms with van der Waals surface area (Å²) in [5.41, 5.74) is 6.66. The van der Waals surface area contributed by atoms with Crippen LogP contribution in [0.15, 0.2) is 0 Å². The summed E-state index contributed by atoms with van der Waals surface area (Å²) in [6.07, 6.45) is 0.211. The van der Waals surface area contributed by atoms with Gasteiger partial charge in [-0.25, -0.2) is 0 Å². The van der Waals surface area contributed by atoms with E-state index in [1.54, 1.807) is 0 Å². The highest BCUT2D eigenvalue weighted by molar-refractivity contribution is 7.10. The summed E-state index contributed by atoms with van der Waals surface area (Å²) in [6, 6.07) is 0. The lowest BCUT2D eigenvalue weighted by Crippen LogP contribution is -2.19. The molecule has 0 amide bonds. The van der Waals surface area contributed by atoms with E-state index in [2.05, 4.69) is 9.69 Å². The van der Waals surface area contributed by atoms with Gasteiger partial charge >= 0.3 is 0 Å². The zero-order chi connectivity index (χ0) is 10.6. The summed E-state index contributed by atoms with van der Waals surface area (Å²) in [6.45, 7) is 7.53. The predicted molar refractivity (Wildman–Crippen MR) is 60.8 cm³/mol. The van der Waals surface area contributed by atoms with Crippen LogP contribution < -0.4 is 11.1 Å². The molecule has 5 heteroatoms. The fourth-order valence-corrected chi connectivity index (χ4v) is 1.81. The number of hydrogen-bond acceptors (Lipinski definition) is 5. The highest BCUT2D eigenvalue weighted by Crippen LogP contribution is 2.24. The Morgan fingerprint density at radius 3 is 2.86 bits per heavy atom. The fourth-order valence-electron chi connectivity index (χ4n) is 1.09. The van der Waals surface area contributed by atoms with Crippen LogP contribution in [-0.4, -0.2) is 23.6 Å². The third kappa shape index (κ3) is 2.85. The number of anilines is 2. The lowest BCUT2D eigenvalue weighted by Gasteiger charge is -2.12. The van der Waals surface area contributed by atoms with E-state index in [1.165, 1.54) is 11.5 Å². The first-order valence-corrected chi connectivity index (χ1v) is 5.49. The van der Waals surface area contributed by atoms with Gasteiger partial charge < -0.3 is 15.8 Å². The van der Waals surface area contributed by atoms with Crippen molar-refractivity contribution >= 4 is 22.4 Å². The Balaban J connectivity index is 2.41. The Labute approximate surface area is 88.6 Å². The second-order valence-corrected chi connectivity index (χ2v) is 3.94. The normalized spacial score (nSPS) is 12.8. The molecule has 0 saturated carbocycles. The highest BCUT2D eigenvalue weighted by Gasteiger charge is 2.07. The van der Waals surface area contributed by atoms with Crippen LogP contribution >= 0.6 is 11.5 Å². The molecule has 0 fully saturated rings. The highest BCUT2D eigenvalue weighted by atomic mass is 32.1. The molecule has 0 aliphatic heterocycles. The predicted octanol–water partition coefficient (Wildman–Crippen LogP) is 1.87. The summed E-state index contributed by atoms with van der Waals surface area (Å²) < 4.78 is 9.46. The molecule has 0 radical (unpaired) electrons. The summed E-state index contributed by atoms with van der Waals surface area (Å²) in [4.78, 5) is 0. The quantitative estimate of drug-likeness (QED) is 0.787. The van der Waals surface area contributed by atoms with E-state index in [0.717, 1.165) is 23.7 Å². The van der Waals surface area contributed by atoms with Gasteiger partial charge in [0.05, 0.1) is 6.10 Å². The third-order valence-corrected chi connectivity index (χ3v) is 2.88. The Morgan fingerprint density at radius 1 is 1.64 bits per heavy atom. The molecule has 1 heterocycles. The van der Waals surface area contributed by atoms with Gasteiger partial charge in [-0.15, -0.1) is 0 Å². The van der Waals surface area contributed by atoms with E-state index in [0.29, 0.717) is 5.82 Å². The average Bonchev–Trinajstić information content (AvgIpc) is 2.46. The molecule has 3 N–H and O–H groups in total. The maximum atomic E-state index is 5.63. The molecule has 1 unspecified atom stereocenters. The molecular formula is C9H17N3OS. The average molecular weight is 215 g/mol. The van der Waals surface area contributed by atoms with Crippen LogP contribution in [0.25, 0.3) is 0 Å². The second kappa shape index (κ2) is 5.17. The number of nitrogens with two attached hydrogens (primary N) is 1. The van der Waals surface area contributed by atoms with E-state index in [-0.39, 0.29) is 6.10 Å². The number of ether oxygens (including phenoxy) is 1. The SMILES string of the molecule is CCOC(C)CNc1snc(N)c1C. The molecular weight excluding hydrogens is 198 g/mol. The fraction of sp³-hybridized carbons (Fsp3) is 0.667. The molecule has 0 saturated heterocycles. The van der Waals surface area contributed by atoms with Crippen molar-refractivity contribution in [3.63, 3.8) is 0 Å². The van der Waals surface area contributed by atoms with Gasteiger partial charge in [-0.2, -0.15) is 4.37 Å². The van der Waals surface area contributed by atoms with Crippen LogP contribution in [0.1, 0.15) is 19.4 Å². The van der Waals surface area contributed by atoms with Gasteiger partial charge in [0.25, 0.3) is 0 Å². The molecule has 1 aromatic heterocycles. The van der Waals surface area contributed by atoms with Crippen LogP contribution in [0, 0.1) is 6.92 Å². The smallest absolute Gasteiger partial charge is 0.142 e. The van der Waals surface area contributed by atoms with Crippen molar-refractivity contribution in [2.24, 2.45) is 0 Å². The van der Waals surface area contributed by atoms with E-state index >= 15 is 0 Å². The monoisotopic (exact) mass is 215 g/mol. The third-order valence-electron chi connectivity index (χ3n) is 1.96. The van der Waals surface area contributed by atoms with Gasteiger partial charge in [0, 0.05) is 18.7 Å². The largest absolute Gasteiger partial charge is 0.383 e. The van der Waals surface area contributed by atoms with Crippen molar-refractivity contribution in [2.45, 2.75) is 26.9 Å². The zero-order valence-electron chi connectivity index (χ0n) is 8.83. The summed E-state index contributed by atoms with van der Waals surface area (Å²) in [5, 5.41) is 4.31. The van der Waals surface area contributed by atoms with Gasteiger partial charge in [-0.05, 0) is 32.3 Å². The maximum absolute atomic E-state index is 5.63. The minimum absolute atomic E-state index is 0.211. The number of nitrogen functional groups attached to an aromatic ring is 1. The van der Waals surface area contributed by atoms with Crippen molar-refractivity contribution < 1.29 is 4.74 Å². The molecule has 0 bridgehead atoms. The zero-order valence-corrected chi connectivity index (χ0v) is 9.65. The minimum atomic E-state index is 0.211. The molecule has 80 valence electrons. The molecule has 0 aromatic carbocycles. The lowest BCUT2D eigenvalue weighted by molar-refractivity contribution is 0.0856. The van der Waals surface area contributed by atoms with Crippen molar-refractivity contribution in [3.05, 3.63) is 5.56 Å².